The second-order valence-corrected chi connectivity index (χ2v) is 8.64. The number of ether oxygens (including phenoxy) is 3. The molecule has 1 saturated heterocycles. The summed E-state index contributed by atoms with van der Waals surface area (Å²) < 4.78 is 17.0. The molecule has 3 rings (SSSR count). The van der Waals surface area contributed by atoms with Crippen LogP contribution in [0.2, 0.25) is 0 Å². The molecule has 0 atom stereocenters. The van der Waals surface area contributed by atoms with Crippen LogP contribution in [-0.2, 0) is 4.74 Å². The van der Waals surface area contributed by atoms with Crippen LogP contribution in [0.5, 0.6) is 11.5 Å². The molecular formula is C24H31NO4S. The zero-order valence-electron chi connectivity index (χ0n) is 18.2. The van der Waals surface area contributed by atoms with Crippen molar-refractivity contribution >= 4 is 17.9 Å². The normalized spacial score (nSPS) is 14.6. The van der Waals surface area contributed by atoms with E-state index in [4.69, 9.17) is 14.2 Å². The summed E-state index contributed by atoms with van der Waals surface area (Å²) >= 11 is 1.73. The number of nitrogens with zero attached hydrogens (tertiary/aromatic N) is 1. The molecule has 30 heavy (non-hydrogen) atoms. The van der Waals surface area contributed by atoms with Crippen molar-refractivity contribution in [2.45, 2.75) is 37.7 Å². The lowest BCUT2D eigenvalue weighted by Crippen LogP contribution is -2.40. The Hall–Kier alpha value is -2.34. The summed E-state index contributed by atoms with van der Waals surface area (Å²) in [5, 5.41) is 0. The lowest BCUT2D eigenvalue weighted by atomic mass is 9.98. The Bertz CT molecular complexity index is 830. The van der Waals surface area contributed by atoms with Gasteiger partial charge in [-0.2, -0.15) is 0 Å². The van der Waals surface area contributed by atoms with Crippen molar-refractivity contribution < 1.29 is 19.0 Å². The Morgan fingerprint density at radius 3 is 2.43 bits per heavy atom. The van der Waals surface area contributed by atoms with Gasteiger partial charge < -0.3 is 19.1 Å². The molecular weight excluding hydrogens is 398 g/mol. The van der Waals surface area contributed by atoms with Crippen LogP contribution in [0, 0.1) is 5.92 Å². The Kier molecular flexibility index (Phi) is 7.91. The highest BCUT2D eigenvalue weighted by molar-refractivity contribution is 7.98. The number of hydrogen-bond donors (Lipinski definition) is 0. The quantitative estimate of drug-likeness (QED) is 0.527. The van der Waals surface area contributed by atoms with Crippen molar-refractivity contribution in [1.82, 2.24) is 4.90 Å². The van der Waals surface area contributed by atoms with E-state index in [1.165, 1.54) is 4.90 Å². The summed E-state index contributed by atoms with van der Waals surface area (Å²) in [7, 11) is 1.69. The third-order valence-electron chi connectivity index (χ3n) is 5.27. The van der Waals surface area contributed by atoms with E-state index < -0.39 is 0 Å². The predicted octanol–water partition coefficient (Wildman–Crippen LogP) is 5.72. The first-order valence-corrected chi connectivity index (χ1v) is 11.6. The number of likely N-dealkylation sites (tertiary alicyclic amines) is 1. The Morgan fingerprint density at radius 1 is 1.13 bits per heavy atom. The molecule has 1 fully saturated rings. The molecule has 162 valence electrons. The van der Waals surface area contributed by atoms with Gasteiger partial charge in [0.05, 0.1) is 19.8 Å². The average molecular weight is 430 g/mol. The van der Waals surface area contributed by atoms with Crippen LogP contribution in [-0.4, -0.2) is 50.2 Å². The highest BCUT2D eigenvalue weighted by atomic mass is 32.2. The average Bonchev–Trinajstić information content (AvgIpc) is 2.77. The van der Waals surface area contributed by atoms with Gasteiger partial charge in [-0.1, -0.05) is 12.1 Å². The minimum atomic E-state index is -0.213. The van der Waals surface area contributed by atoms with Gasteiger partial charge in [0.25, 0.3) is 0 Å². The topological polar surface area (TPSA) is 48.0 Å². The number of hydrogen-bond acceptors (Lipinski definition) is 5. The highest BCUT2D eigenvalue weighted by Gasteiger charge is 2.24. The first-order chi connectivity index (χ1) is 14.5. The van der Waals surface area contributed by atoms with Crippen LogP contribution in [0.1, 0.15) is 26.7 Å². The molecule has 0 bridgehead atoms. The lowest BCUT2D eigenvalue weighted by molar-refractivity contribution is 0.0608. The number of benzene rings is 2. The van der Waals surface area contributed by atoms with E-state index in [0.29, 0.717) is 25.6 Å². The highest BCUT2D eigenvalue weighted by Crippen LogP contribution is 2.34. The van der Waals surface area contributed by atoms with Gasteiger partial charge in [0.15, 0.2) is 0 Å². The standard InChI is InChI=1S/C24H31NO4S/c1-17(2)29-24(26)25-13-11-18(12-14-25)16-28-20-7-10-22(23(15-20)27-3)19-5-8-21(30-4)9-6-19/h5-10,15,17-18H,11-14,16H2,1-4H3. The molecule has 1 heterocycles. The van der Waals surface area contributed by atoms with E-state index in [1.54, 1.807) is 23.8 Å². The number of carbonyl (C=O) groups excluding carboxylic acids is 1. The van der Waals surface area contributed by atoms with Crippen LogP contribution in [0.25, 0.3) is 11.1 Å². The third kappa shape index (κ3) is 5.85. The summed E-state index contributed by atoms with van der Waals surface area (Å²) in [5.41, 5.74) is 2.17. The van der Waals surface area contributed by atoms with E-state index >= 15 is 0 Å². The third-order valence-corrected chi connectivity index (χ3v) is 6.01. The minimum absolute atomic E-state index is 0.0834. The summed E-state index contributed by atoms with van der Waals surface area (Å²) in [4.78, 5) is 15.0. The summed E-state index contributed by atoms with van der Waals surface area (Å²) in [5.74, 6) is 2.03. The molecule has 6 heteroatoms. The SMILES string of the molecule is COc1cc(OCC2CCN(C(=O)OC(C)C)CC2)ccc1-c1ccc(SC)cc1. The lowest BCUT2D eigenvalue weighted by Gasteiger charge is -2.31. The van der Waals surface area contributed by atoms with Crippen LogP contribution < -0.4 is 9.47 Å². The maximum absolute atomic E-state index is 12.0. The van der Waals surface area contributed by atoms with Gasteiger partial charge in [0.2, 0.25) is 0 Å². The van der Waals surface area contributed by atoms with Gasteiger partial charge in [-0.05, 0) is 68.7 Å². The van der Waals surface area contributed by atoms with E-state index in [9.17, 15) is 4.79 Å². The molecule has 0 unspecified atom stereocenters. The maximum Gasteiger partial charge on any atom is 0.410 e. The van der Waals surface area contributed by atoms with Crippen LogP contribution in [0.3, 0.4) is 0 Å². The van der Waals surface area contributed by atoms with Gasteiger partial charge in [-0.3, -0.25) is 0 Å². The van der Waals surface area contributed by atoms with E-state index in [-0.39, 0.29) is 12.2 Å². The molecule has 1 aliphatic heterocycles. The summed E-state index contributed by atoms with van der Waals surface area (Å²) in [6.07, 6.45) is 3.62. The van der Waals surface area contributed by atoms with E-state index in [2.05, 4.69) is 30.5 Å². The maximum atomic E-state index is 12.0. The van der Waals surface area contributed by atoms with Gasteiger partial charge in [0, 0.05) is 29.6 Å². The minimum Gasteiger partial charge on any atom is -0.496 e. The number of rotatable bonds is 7. The zero-order valence-corrected chi connectivity index (χ0v) is 19.0. The van der Waals surface area contributed by atoms with Crippen LogP contribution in [0.4, 0.5) is 4.79 Å². The Morgan fingerprint density at radius 2 is 1.83 bits per heavy atom. The summed E-state index contributed by atoms with van der Waals surface area (Å²) in [6.45, 7) is 5.81. The molecule has 1 amide bonds. The Balaban J connectivity index is 1.55. The predicted molar refractivity (Wildman–Crippen MR) is 122 cm³/mol. The van der Waals surface area contributed by atoms with Crippen molar-refractivity contribution in [2.75, 3.05) is 33.1 Å². The van der Waals surface area contributed by atoms with Gasteiger partial charge in [0.1, 0.15) is 11.5 Å². The first-order valence-electron chi connectivity index (χ1n) is 10.4. The van der Waals surface area contributed by atoms with Crippen molar-refractivity contribution in [1.29, 1.82) is 0 Å². The number of methoxy groups -OCH3 is 1. The fourth-order valence-electron chi connectivity index (χ4n) is 3.54. The second kappa shape index (κ2) is 10.6. The molecule has 5 nitrogen and oxygen atoms in total. The Labute approximate surface area is 183 Å². The molecule has 2 aromatic rings. The number of carbonyl (C=O) groups is 1. The molecule has 0 aromatic heterocycles. The first kappa shape index (κ1) is 22.3. The van der Waals surface area contributed by atoms with Gasteiger partial charge in [-0.25, -0.2) is 4.79 Å². The molecule has 2 aromatic carbocycles. The fourth-order valence-corrected chi connectivity index (χ4v) is 3.95. The van der Waals surface area contributed by atoms with E-state index in [0.717, 1.165) is 35.5 Å². The number of piperidine rings is 1. The molecule has 0 aliphatic carbocycles. The van der Waals surface area contributed by atoms with Crippen LogP contribution in [0.15, 0.2) is 47.4 Å². The zero-order chi connectivity index (χ0) is 21.5. The largest absolute Gasteiger partial charge is 0.496 e. The van der Waals surface area contributed by atoms with Crippen molar-refractivity contribution in [2.24, 2.45) is 5.92 Å². The van der Waals surface area contributed by atoms with Crippen molar-refractivity contribution in [3.63, 3.8) is 0 Å². The van der Waals surface area contributed by atoms with Crippen molar-refractivity contribution in [3.8, 4) is 22.6 Å². The van der Waals surface area contributed by atoms with Crippen LogP contribution >= 0.6 is 11.8 Å². The summed E-state index contributed by atoms with van der Waals surface area (Å²) in [6, 6.07) is 14.5. The monoisotopic (exact) mass is 429 g/mol. The number of thioether (sulfide) groups is 1. The second-order valence-electron chi connectivity index (χ2n) is 7.76. The van der Waals surface area contributed by atoms with Gasteiger partial charge >= 0.3 is 6.09 Å². The molecule has 0 N–H and O–H groups in total. The van der Waals surface area contributed by atoms with Gasteiger partial charge in [-0.15, -0.1) is 11.8 Å². The van der Waals surface area contributed by atoms with E-state index in [1.807, 2.05) is 32.0 Å². The smallest absolute Gasteiger partial charge is 0.410 e. The fraction of sp³-hybridized carbons (Fsp3) is 0.458. The molecule has 0 saturated carbocycles. The van der Waals surface area contributed by atoms with Crippen molar-refractivity contribution in [3.05, 3.63) is 42.5 Å². The molecule has 0 radical (unpaired) electrons. The molecule has 0 spiro atoms. The molecule has 1 aliphatic rings. The number of amides is 1.